The van der Waals surface area contributed by atoms with Crippen molar-refractivity contribution < 1.29 is 9.50 Å². The van der Waals surface area contributed by atoms with Gasteiger partial charge in [-0.05, 0) is 32.1 Å². The van der Waals surface area contributed by atoms with E-state index in [0.29, 0.717) is 5.56 Å². The van der Waals surface area contributed by atoms with Gasteiger partial charge in [-0.25, -0.2) is 4.39 Å². The zero-order valence-corrected chi connectivity index (χ0v) is 13.0. The molecule has 0 radical (unpaired) electrons. The maximum absolute atomic E-state index is 13.8. The Morgan fingerprint density at radius 2 is 2.00 bits per heavy atom. The Labute approximate surface area is 119 Å². The van der Waals surface area contributed by atoms with Crippen molar-refractivity contribution >= 4 is 11.8 Å². The standard InChI is InChI=1S/C15H24FNOS/c1-5-15(6-2,19-4)10-17-11(3)13-8-7-12(18)9-14(13)16/h7-9,11,17-18H,5-6,10H2,1-4H3. The Morgan fingerprint density at radius 1 is 1.37 bits per heavy atom. The molecule has 0 amide bonds. The number of rotatable bonds is 7. The van der Waals surface area contributed by atoms with E-state index in [2.05, 4.69) is 25.4 Å². The number of phenolic OH excluding ortho intramolecular Hbond substituents is 1. The summed E-state index contributed by atoms with van der Waals surface area (Å²) in [4.78, 5) is 0. The van der Waals surface area contributed by atoms with Gasteiger partial charge in [-0.2, -0.15) is 11.8 Å². The lowest BCUT2D eigenvalue weighted by Gasteiger charge is -2.31. The molecule has 2 N–H and O–H groups in total. The molecule has 4 heteroatoms. The Bertz CT molecular complexity index is 399. The van der Waals surface area contributed by atoms with E-state index in [1.165, 1.54) is 6.07 Å². The largest absolute Gasteiger partial charge is 0.508 e. The van der Waals surface area contributed by atoms with Crippen LogP contribution >= 0.6 is 11.8 Å². The van der Waals surface area contributed by atoms with Crippen LogP contribution in [0.4, 0.5) is 4.39 Å². The van der Waals surface area contributed by atoms with E-state index in [4.69, 9.17) is 0 Å². The van der Waals surface area contributed by atoms with E-state index >= 15 is 0 Å². The number of aromatic hydroxyl groups is 1. The molecule has 0 spiro atoms. The number of benzene rings is 1. The van der Waals surface area contributed by atoms with Crippen LogP contribution in [0.15, 0.2) is 18.2 Å². The topological polar surface area (TPSA) is 32.3 Å². The van der Waals surface area contributed by atoms with Crippen LogP contribution in [0.5, 0.6) is 5.75 Å². The summed E-state index contributed by atoms with van der Waals surface area (Å²) >= 11 is 1.86. The molecule has 0 aliphatic carbocycles. The number of phenols is 1. The van der Waals surface area contributed by atoms with Crippen LogP contribution in [0.2, 0.25) is 0 Å². The number of halogens is 1. The minimum Gasteiger partial charge on any atom is -0.508 e. The molecule has 108 valence electrons. The van der Waals surface area contributed by atoms with E-state index < -0.39 is 0 Å². The Morgan fingerprint density at radius 3 is 2.47 bits per heavy atom. The molecule has 0 aromatic heterocycles. The fourth-order valence-electron chi connectivity index (χ4n) is 2.18. The van der Waals surface area contributed by atoms with Gasteiger partial charge in [0.2, 0.25) is 0 Å². The van der Waals surface area contributed by atoms with Crippen molar-refractivity contribution in [2.45, 2.75) is 44.4 Å². The zero-order valence-electron chi connectivity index (χ0n) is 12.2. The third-order valence-electron chi connectivity index (χ3n) is 3.90. The lowest BCUT2D eigenvalue weighted by atomic mass is 10.0. The molecule has 1 aromatic carbocycles. The highest BCUT2D eigenvalue weighted by atomic mass is 32.2. The van der Waals surface area contributed by atoms with Crippen molar-refractivity contribution in [2.75, 3.05) is 12.8 Å². The molecule has 0 aliphatic heterocycles. The van der Waals surface area contributed by atoms with Crippen molar-refractivity contribution in [2.24, 2.45) is 0 Å². The molecule has 1 aromatic rings. The average Bonchev–Trinajstić information content (AvgIpc) is 2.40. The summed E-state index contributed by atoms with van der Waals surface area (Å²) in [6.45, 7) is 7.18. The third kappa shape index (κ3) is 4.11. The highest BCUT2D eigenvalue weighted by Crippen LogP contribution is 2.30. The van der Waals surface area contributed by atoms with Gasteiger partial charge < -0.3 is 10.4 Å². The Hall–Kier alpha value is -0.740. The van der Waals surface area contributed by atoms with Crippen LogP contribution in [0, 0.1) is 5.82 Å². The van der Waals surface area contributed by atoms with Crippen LogP contribution in [0.1, 0.15) is 45.2 Å². The van der Waals surface area contributed by atoms with E-state index in [0.717, 1.165) is 25.5 Å². The van der Waals surface area contributed by atoms with Gasteiger partial charge in [0.25, 0.3) is 0 Å². The lowest BCUT2D eigenvalue weighted by molar-refractivity contribution is 0.443. The molecule has 1 rings (SSSR count). The highest BCUT2D eigenvalue weighted by Gasteiger charge is 2.25. The number of thioether (sulfide) groups is 1. The first kappa shape index (κ1) is 16.3. The van der Waals surface area contributed by atoms with Crippen molar-refractivity contribution in [3.63, 3.8) is 0 Å². The number of hydrogen-bond acceptors (Lipinski definition) is 3. The molecule has 0 bridgehead atoms. The van der Waals surface area contributed by atoms with Crippen LogP contribution in [0.25, 0.3) is 0 Å². The van der Waals surface area contributed by atoms with Crippen LogP contribution in [-0.4, -0.2) is 22.7 Å². The van der Waals surface area contributed by atoms with Gasteiger partial charge >= 0.3 is 0 Å². The molecule has 19 heavy (non-hydrogen) atoms. The maximum atomic E-state index is 13.8. The fourth-order valence-corrected chi connectivity index (χ4v) is 2.98. The summed E-state index contributed by atoms with van der Waals surface area (Å²) in [7, 11) is 0. The number of hydrogen-bond donors (Lipinski definition) is 2. The van der Waals surface area contributed by atoms with Crippen molar-refractivity contribution in [3.05, 3.63) is 29.6 Å². The molecule has 0 heterocycles. The monoisotopic (exact) mass is 285 g/mol. The van der Waals surface area contributed by atoms with Crippen LogP contribution in [0.3, 0.4) is 0 Å². The molecular weight excluding hydrogens is 261 g/mol. The smallest absolute Gasteiger partial charge is 0.131 e. The van der Waals surface area contributed by atoms with Gasteiger partial charge in [0.1, 0.15) is 11.6 Å². The van der Waals surface area contributed by atoms with Crippen molar-refractivity contribution in [1.29, 1.82) is 0 Å². The molecule has 2 nitrogen and oxygen atoms in total. The molecular formula is C15H24FNOS. The van der Waals surface area contributed by atoms with E-state index in [-0.39, 0.29) is 22.4 Å². The van der Waals surface area contributed by atoms with Gasteiger partial charge in [0.05, 0.1) is 0 Å². The van der Waals surface area contributed by atoms with E-state index in [1.54, 1.807) is 6.07 Å². The van der Waals surface area contributed by atoms with Crippen LogP contribution in [-0.2, 0) is 0 Å². The molecule has 1 unspecified atom stereocenters. The molecule has 0 saturated carbocycles. The van der Waals surface area contributed by atoms with Gasteiger partial charge in [0, 0.05) is 29.0 Å². The second-order valence-electron chi connectivity index (χ2n) is 4.90. The minimum atomic E-state index is -0.359. The predicted octanol–water partition coefficient (Wildman–Crippen LogP) is 4.10. The molecule has 0 saturated heterocycles. The van der Waals surface area contributed by atoms with Gasteiger partial charge in [-0.1, -0.05) is 19.9 Å². The summed E-state index contributed by atoms with van der Waals surface area (Å²) in [5, 5.41) is 12.6. The van der Waals surface area contributed by atoms with Crippen molar-refractivity contribution in [3.8, 4) is 5.75 Å². The maximum Gasteiger partial charge on any atom is 0.131 e. The zero-order chi connectivity index (χ0) is 14.5. The molecule has 1 atom stereocenters. The van der Waals surface area contributed by atoms with Crippen LogP contribution < -0.4 is 5.32 Å². The normalized spacial score (nSPS) is 13.5. The predicted molar refractivity (Wildman–Crippen MR) is 81.3 cm³/mol. The second kappa shape index (κ2) is 7.15. The Balaban J connectivity index is 2.72. The first-order valence-corrected chi connectivity index (χ1v) is 7.97. The number of nitrogens with one attached hydrogen (secondary N) is 1. The second-order valence-corrected chi connectivity index (χ2v) is 6.18. The molecule has 0 fully saturated rings. The van der Waals surface area contributed by atoms with Gasteiger partial charge in [-0.3, -0.25) is 0 Å². The lowest BCUT2D eigenvalue weighted by Crippen LogP contribution is -2.37. The summed E-state index contributed by atoms with van der Waals surface area (Å²) in [5.41, 5.74) is 0.597. The first-order valence-electron chi connectivity index (χ1n) is 6.75. The Kier molecular flexibility index (Phi) is 6.14. The highest BCUT2D eigenvalue weighted by molar-refractivity contribution is 8.00. The fraction of sp³-hybridized carbons (Fsp3) is 0.600. The summed E-state index contributed by atoms with van der Waals surface area (Å²) < 4.78 is 14.0. The average molecular weight is 285 g/mol. The quantitative estimate of drug-likeness (QED) is 0.791. The first-order chi connectivity index (χ1) is 8.98. The van der Waals surface area contributed by atoms with E-state index in [1.807, 2.05) is 18.7 Å². The summed E-state index contributed by atoms with van der Waals surface area (Å²) in [6.07, 6.45) is 4.30. The minimum absolute atomic E-state index is 0.0333. The van der Waals surface area contributed by atoms with E-state index in [9.17, 15) is 9.50 Å². The summed E-state index contributed by atoms with van der Waals surface area (Å²) in [6, 6.07) is 4.26. The SMILES string of the molecule is CCC(CC)(CNC(C)c1ccc(O)cc1F)SC. The van der Waals surface area contributed by atoms with Gasteiger partial charge in [-0.15, -0.1) is 0 Å². The summed E-state index contributed by atoms with van der Waals surface area (Å²) in [5.74, 6) is -0.392. The van der Waals surface area contributed by atoms with Crippen molar-refractivity contribution in [1.82, 2.24) is 5.32 Å². The van der Waals surface area contributed by atoms with Gasteiger partial charge in [0.15, 0.2) is 0 Å². The third-order valence-corrected chi connectivity index (χ3v) is 5.49. The molecule has 0 aliphatic rings.